The van der Waals surface area contributed by atoms with Crippen LogP contribution >= 0.6 is 11.8 Å². The van der Waals surface area contributed by atoms with Crippen molar-refractivity contribution in [3.05, 3.63) is 17.7 Å². The molecule has 0 aliphatic heterocycles. The maximum absolute atomic E-state index is 11.9. The van der Waals surface area contributed by atoms with Crippen molar-refractivity contribution < 1.29 is 14.7 Å². The van der Waals surface area contributed by atoms with Crippen LogP contribution in [-0.2, 0) is 5.54 Å². The molecular formula is C13H20N4O3S. The maximum Gasteiger partial charge on any atom is 0.353 e. The zero-order chi connectivity index (χ0) is 15.3. The van der Waals surface area contributed by atoms with Crippen molar-refractivity contribution in [3.63, 3.8) is 0 Å². The number of nitrogens with zero attached hydrogens (tertiary/aromatic N) is 1. The summed E-state index contributed by atoms with van der Waals surface area (Å²) in [7, 11) is 0. The first-order valence-electron chi connectivity index (χ1n) is 6.91. The molecule has 1 aromatic rings. The number of carboxylic acid groups (broad SMARTS) is 1. The van der Waals surface area contributed by atoms with E-state index in [4.69, 9.17) is 5.11 Å². The van der Waals surface area contributed by atoms with Gasteiger partial charge >= 0.3 is 12.0 Å². The van der Waals surface area contributed by atoms with Gasteiger partial charge in [0, 0.05) is 6.54 Å². The number of carbonyl (C=O) groups is 2. The number of hydrogen-bond donors (Lipinski definition) is 4. The standard InChI is InChI=1S/C13H20N4O3S/c1-21-7-3-6-14-12(20)17-13(4-2-5-13)11-15-8-9(16-11)10(18)19/h8H,2-7H2,1H3,(H,15,16)(H,18,19)(H2,14,17,20). The van der Waals surface area contributed by atoms with E-state index in [9.17, 15) is 9.59 Å². The van der Waals surface area contributed by atoms with Crippen LogP contribution in [-0.4, -0.2) is 45.6 Å². The number of aromatic amines is 1. The first kappa shape index (κ1) is 15.7. The maximum atomic E-state index is 11.9. The minimum absolute atomic E-state index is 0.0402. The summed E-state index contributed by atoms with van der Waals surface area (Å²) in [5, 5.41) is 14.7. The Bertz CT molecular complexity index is 513. The van der Waals surface area contributed by atoms with E-state index in [1.807, 2.05) is 6.26 Å². The van der Waals surface area contributed by atoms with E-state index in [0.29, 0.717) is 12.4 Å². The van der Waals surface area contributed by atoms with Crippen LogP contribution in [0.15, 0.2) is 6.20 Å². The van der Waals surface area contributed by atoms with Crippen molar-refractivity contribution in [1.29, 1.82) is 0 Å². The van der Waals surface area contributed by atoms with Gasteiger partial charge in [0.1, 0.15) is 11.5 Å². The van der Waals surface area contributed by atoms with Crippen LogP contribution in [0.2, 0.25) is 0 Å². The molecule has 8 heteroatoms. The molecule has 1 aliphatic carbocycles. The van der Waals surface area contributed by atoms with Crippen molar-refractivity contribution in [2.24, 2.45) is 0 Å². The highest BCUT2D eigenvalue weighted by molar-refractivity contribution is 7.98. The van der Waals surface area contributed by atoms with Crippen molar-refractivity contribution in [1.82, 2.24) is 20.6 Å². The molecule has 0 radical (unpaired) electrons. The summed E-state index contributed by atoms with van der Waals surface area (Å²) < 4.78 is 0. The van der Waals surface area contributed by atoms with Gasteiger partial charge in [-0.25, -0.2) is 14.6 Å². The Kier molecular flexibility index (Phi) is 5.11. The molecule has 0 bridgehead atoms. The second-order valence-electron chi connectivity index (χ2n) is 5.11. The molecule has 0 saturated heterocycles. The third-order valence-corrected chi connectivity index (χ3v) is 4.33. The van der Waals surface area contributed by atoms with E-state index in [-0.39, 0.29) is 11.7 Å². The SMILES string of the molecule is CSCCCNC(=O)NC1(c2ncc(C(=O)O)[nH]2)CCC1. The second kappa shape index (κ2) is 6.84. The molecule has 0 spiro atoms. The quantitative estimate of drug-likeness (QED) is 0.571. The smallest absolute Gasteiger partial charge is 0.353 e. The lowest BCUT2D eigenvalue weighted by molar-refractivity contribution is 0.0690. The topological polar surface area (TPSA) is 107 Å². The number of rotatable bonds is 7. The van der Waals surface area contributed by atoms with E-state index in [1.54, 1.807) is 11.8 Å². The van der Waals surface area contributed by atoms with Gasteiger partial charge in [-0.15, -0.1) is 0 Å². The monoisotopic (exact) mass is 312 g/mol. The van der Waals surface area contributed by atoms with Crippen molar-refractivity contribution in [2.45, 2.75) is 31.2 Å². The van der Waals surface area contributed by atoms with Crippen molar-refractivity contribution in [2.75, 3.05) is 18.6 Å². The molecule has 1 heterocycles. The highest BCUT2D eigenvalue weighted by atomic mass is 32.2. The van der Waals surface area contributed by atoms with E-state index in [2.05, 4.69) is 20.6 Å². The molecular weight excluding hydrogens is 292 g/mol. The van der Waals surface area contributed by atoms with Gasteiger partial charge in [0.2, 0.25) is 0 Å². The molecule has 2 rings (SSSR count). The van der Waals surface area contributed by atoms with E-state index in [1.165, 1.54) is 6.20 Å². The number of aromatic nitrogens is 2. The summed E-state index contributed by atoms with van der Waals surface area (Å²) in [6.45, 7) is 0.626. The van der Waals surface area contributed by atoms with E-state index in [0.717, 1.165) is 31.4 Å². The highest BCUT2D eigenvalue weighted by Crippen LogP contribution is 2.39. The fraction of sp³-hybridized carbons (Fsp3) is 0.615. The third kappa shape index (κ3) is 3.69. The van der Waals surface area contributed by atoms with Crippen LogP contribution in [0.4, 0.5) is 4.79 Å². The number of nitrogens with one attached hydrogen (secondary N) is 3. The van der Waals surface area contributed by atoms with Gasteiger partial charge in [-0.05, 0) is 37.7 Å². The van der Waals surface area contributed by atoms with Crippen LogP contribution in [0.25, 0.3) is 0 Å². The van der Waals surface area contributed by atoms with Gasteiger partial charge in [0.25, 0.3) is 0 Å². The second-order valence-corrected chi connectivity index (χ2v) is 6.10. The minimum Gasteiger partial charge on any atom is -0.477 e. The van der Waals surface area contributed by atoms with Crippen LogP contribution < -0.4 is 10.6 Å². The molecule has 4 N–H and O–H groups in total. The van der Waals surface area contributed by atoms with Gasteiger partial charge < -0.3 is 20.7 Å². The summed E-state index contributed by atoms with van der Waals surface area (Å²) in [4.78, 5) is 29.7. The summed E-state index contributed by atoms with van der Waals surface area (Å²) in [6.07, 6.45) is 6.74. The number of carboxylic acids is 1. The Morgan fingerprint density at radius 3 is 2.81 bits per heavy atom. The van der Waals surface area contributed by atoms with E-state index >= 15 is 0 Å². The van der Waals surface area contributed by atoms with Crippen LogP contribution in [0, 0.1) is 0 Å². The third-order valence-electron chi connectivity index (χ3n) is 3.63. The molecule has 1 saturated carbocycles. The summed E-state index contributed by atoms with van der Waals surface area (Å²) in [5.74, 6) is 0.473. The predicted octanol–water partition coefficient (Wildman–Crippen LogP) is 1.54. The molecule has 116 valence electrons. The first-order chi connectivity index (χ1) is 10.1. The minimum atomic E-state index is -1.05. The zero-order valence-corrected chi connectivity index (χ0v) is 12.8. The number of thioether (sulfide) groups is 1. The van der Waals surface area contributed by atoms with Crippen LogP contribution in [0.3, 0.4) is 0 Å². The van der Waals surface area contributed by atoms with Gasteiger partial charge in [-0.2, -0.15) is 11.8 Å². The Morgan fingerprint density at radius 2 is 2.29 bits per heavy atom. The summed E-state index contributed by atoms with van der Waals surface area (Å²) >= 11 is 1.74. The molecule has 0 unspecified atom stereocenters. The number of hydrogen-bond acceptors (Lipinski definition) is 4. The lowest BCUT2D eigenvalue weighted by Crippen LogP contribution is -2.54. The first-order valence-corrected chi connectivity index (χ1v) is 8.30. The summed E-state index contributed by atoms with van der Waals surface area (Å²) in [6, 6.07) is -0.232. The number of aromatic carboxylic acids is 1. The average molecular weight is 312 g/mol. The van der Waals surface area contributed by atoms with Gasteiger partial charge in [-0.1, -0.05) is 0 Å². The molecule has 1 aliphatic rings. The molecule has 2 amide bonds. The molecule has 21 heavy (non-hydrogen) atoms. The van der Waals surface area contributed by atoms with Gasteiger partial charge in [0.05, 0.1) is 11.7 Å². The average Bonchev–Trinajstić information content (AvgIpc) is 2.89. The number of carbonyl (C=O) groups excluding carboxylic acids is 1. The van der Waals surface area contributed by atoms with Crippen LogP contribution in [0.1, 0.15) is 42.0 Å². The molecule has 1 aromatic heterocycles. The van der Waals surface area contributed by atoms with Crippen molar-refractivity contribution >= 4 is 23.8 Å². The Labute approximate surface area is 127 Å². The van der Waals surface area contributed by atoms with E-state index < -0.39 is 11.5 Å². The summed E-state index contributed by atoms with van der Waals surface area (Å²) in [5.41, 5.74) is -0.518. The molecule has 0 atom stereocenters. The predicted molar refractivity (Wildman–Crippen MR) is 80.6 cm³/mol. The Balaban J connectivity index is 1.94. The fourth-order valence-electron chi connectivity index (χ4n) is 2.30. The van der Waals surface area contributed by atoms with Crippen molar-refractivity contribution in [3.8, 4) is 0 Å². The fourth-order valence-corrected chi connectivity index (χ4v) is 2.74. The number of amides is 2. The Morgan fingerprint density at radius 1 is 1.52 bits per heavy atom. The largest absolute Gasteiger partial charge is 0.477 e. The lowest BCUT2D eigenvalue weighted by Gasteiger charge is -2.40. The van der Waals surface area contributed by atoms with Gasteiger partial charge in [-0.3, -0.25) is 0 Å². The van der Waals surface area contributed by atoms with Crippen LogP contribution in [0.5, 0.6) is 0 Å². The zero-order valence-electron chi connectivity index (χ0n) is 11.9. The molecule has 7 nitrogen and oxygen atoms in total. The normalized spacial score (nSPS) is 16.0. The Hall–Kier alpha value is -1.70. The number of urea groups is 1. The lowest BCUT2D eigenvalue weighted by atomic mass is 9.76. The number of imidazole rings is 1. The molecule has 1 fully saturated rings. The molecule has 0 aromatic carbocycles. The highest BCUT2D eigenvalue weighted by Gasteiger charge is 2.42. The number of H-pyrrole nitrogens is 1. The van der Waals surface area contributed by atoms with Gasteiger partial charge in [0.15, 0.2) is 0 Å².